The van der Waals surface area contributed by atoms with E-state index >= 15 is 0 Å². The molecule has 2 aromatic carbocycles. The maximum Gasteiger partial charge on any atom is 0.359 e. The lowest BCUT2D eigenvalue weighted by molar-refractivity contribution is -0.120. The van der Waals surface area contributed by atoms with Gasteiger partial charge in [-0.05, 0) is 51.1 Å². The number of carbonyl (C=O) groups excluding carboxylic acids is 2. The number of thiocarbonyl (C=S) groups is 1. The second kappa shape index (κ2) is 14.9. The molecule has 0 spiro atoms. The van der Waals surface area contributed by atoms with Gasteiger partial charge in [0.25, 0.3) is 5.60 Å². The largest absolute Gasteiger partial charge is 0.427 e. The zero-order valence-electron chi connectivity index (χ0n) is 31.0. The molecular weight excluding hydrogens is 705 g/mol. The molecular formula is C36H50N4O8SSi2. The molecule has 2 fully saturated rings. The van der Waals surface area contributed by atoms with Crippen molar-refractivity contribution < 1.29 is 36.8 Å². The number of ether oxygens (including phenoxy) is 3. The van der Waals surface area contributed by atoms with Crippen molar-refractivity contribution in [2.45, 2.75) is 115 Å². The lowest BCUT2D eigenvalue weighted by Gasteiger charge is -2.52. The average Bonchev–Trinajstić information content (AvgIpc) is 3.33. The van der Waals surface area contributed by atoms with E-state index in [1.54, 1.807) is 19.2 Å². The second-order valence-corrected chi connectivity index (χ2v) is 23.9. The van der Waals surface area contributed by atoms with Crippen molar-refractivity contribution in [2.75, 3.05) is 13.7 Å². The minimum absolute atomic E-state index is 0.0333. The first kappa shape index (κ1) is 38.9. The van der Waals surface area contributed by atoms with E-state index in [0.29, 0.717) is 5.75 Å². The van der Waals surface area contributed by atoms with Crippen LogP contribution in [0.15, 0.2) is 54.7 Å². The van der Waals surface area contributed by atoms with Crippen molar-refractivity contribution in [3.63, 3.8) is 0 Å². The van der Waals surface area contributed by atoms with Gasteiger partial charge in [0.05, 0.1) is 6.61 Å². The summed E-state index contributed by atoms with van der Waals surface area (Å²) < 4.78 is 40.9. The summed E-state index contributed by atoms with van der Waals surface area (Å²) in [5.74, 6) is 0.102. The van der Waals surface area contributed by atoms with E-state index in [1.165, 1.54) is 22.9 Å². The topological polar surface area (TPSA) is 132 Å². The molecule has 0 aromatic heterocycles. The van der Waals surface area contributed by atoms with Crippen LogP contribution in [-0.2, 0) is 27.2 Å². The van der Waals surface area contributed by atoms with Gasteiger partial charge in [0, 0.05) is 32.4 Å². The molecule has 15 heteroatoms. The van der Waals surface area contributed by atoms with Gasteiger partial charge in [0.2, 0.25) is 5.91 Å². The average molecular weight is 755 g/mol. The number of nitrogens with zero attached hydrogens (tertiary/aromatic N) is 3. The van der Waals surface area contributed by atoms with Crippen LogP contribution < -0.4 is 10.1 Å². The molecule has 3 aliphatic rings. The number of amides is 3. The van der Waals surface area contributed by atoms with Gasteiger partial charge in [0.1, 0.15) is 30.2 Å². The number of fused-ring (bicyclic) bond motifs is 2. The predicted octanol–water partition coefficient (Wildman–Crippen LogP) is 6.81. The molecule has 0 bridgehead atoms. The van der Waals surface area contributed by atoms with E-state index in [4.69, 9.17) is 39.4 Å². The summed E-state index contributed by atoms with van der Waals surface area (Å²) in [5, 5.41) is 15.6. The van der Waals surface area contributed by atoms with Crippen LogP contribution in [0.5, 0.6) is 5.75 Å². The Balaban J connectivity index is 1.62. The molecule has 276 valence electrons. The highest BCUT2D eigenvalue weighted by molar-refractivity contribution is 7.79. The number of likely N-dealkylation sites (N-methyl/N-ethyl adjacent to an activating group) is 1. The van der Waals surface area contributed by atoms with Crippen LogP contribution in [0.3, 0.4) is 0 Å². The maximum atomic E-state index is 14.0. The van der Waals surface area contributed by atoms with Crippen LogP contribution in [0, 0.1) is 11.3 Å². The first-order valence-corrected chi connectivity index (χ1v) is 21.8. The summed E-state index contributed by atoms with van der Waals surface area (Å²) in [6, 6.07) is 15.1. The molecule has 3 amide bonds. The van der Waals surface area contributed by atoms with Crippen molar-refractivity contribution in [1.82, 2.24) is 15.1 Å². The van der Waals surface area contributed by atoms with E-state index < -0.39 is 53.4 Å². The van der Waals surface area contributed by atoms with Crippen LogP contribution in [0.4, 0.5) is 4.79 Å². The van der Waals surface area contributed by atoms with Gasteiger partial charge in [0.15, 0.2) is 6.23 Å². The summed E-state index contributed by atoms with van der Waals surface area (Å²) in [6.45, 7) is 18.2. The number of carbonyl (C=O) groups is 2. The molecule has 2 saturated heterocycles. The first-order valence-electron chi connectivity index (χ1n) is 17.5. The summed E-state index contributed by atoms with van der Waals surface area (Å²) >= 11 is 5.70. The fourth-order valence-electron chi connectivity index (χ4n) is 7.38. The minimum Gasteiger partial charge on any atom is -0.427 e. The van der Waals surface area contributed by atoms with E-state index in [0.717, 1.165) is 10.8 Å². The number of nitriles is 1. The molecule has 3 aliphatic heterocycles. The number of nitrogens with one attached hydrogen (secondary N) is 1. The van der Waals surface area contributed by atoms with Gasteiger partial charge in [-0.25, -0.2) is 4.79 Å². The second-order valence-electron chi connectivity index (χ2n) is 14.7. The molecule has 0 aliphatic carbocycles. The van der Waals surface area contributed by atoms with Crippen molar-refractivity contribution in [1.29, 1.82) is 5.26 Å². The van der Waals surface area contributed by atoms with E-state index in [1.807, 2.05) is 36.4 Å². The Labute approximate surface area is 308 Å². The van der Waals surface area contributed by atoms with E-state index in [2.05, 4.69) is 66.8 Å². The molecule has 5 atom stereocenters. The monoisotopic (exact) mass is 754 g/mol. The smallest absolute Gasteiger partial charge is 0.359 e. The highest BCUT2D eigenvalue weighted by atomic mass is 32.1. The lowest BCUT2D eigenvalue weighted by Crippen LogP contribution is -2.68. The highest BCUT2D eigenvalue weighted by Gasteiger charge is 2.69. The number of benzene rings is 2. The molecule has 0 saturated carbocycles. The van der Waals surface area contributed by atoms with Crippen LogP contribution in [-0.4, -0.2) is 88.0 Å². The Morgan fingerprint density at radius 2 is 1.65 bits per heavy atom. The Kier molecular flexibility index (Phi) is 11.4. The van der Waals surface area contributed by atoms with Crippen molar-refractivity contribution in [3.8, 4) is 11.8 Å². The summed E-state index contributed by atoms with van der Waals surface area (Å²) in [4.78, 5) is 28.6. The van der Waals surface area contributed by atoms with Crippen LogP contribution >= 0.6 is 12.2 Å². The Morgan fingerprint density at radius 1 is 1.02 bits per heavy atom. The third-order valence-electron chi connectivity index (χ3n) is 10.1. The Morgan fingerprint density at radius 3 is 2.24 bits per heavy atom. The molecule has 5 rings (SSSR count). The standard InChI is InChI=1S/C36H50N4O8SSi2/c1-22(2)50(23(3)4)43-20-30-32(47-51(48-50,24(5)6)25(7)8)36(21-37,33(45-30)40-18-17-31(38-26(9)41)39(10)34(40)42)46-35(49)44-29-16-15-27-13-11-12-14-28(27)19-29/h11-19,22-25,30-33H,20H2,1-10H3,(H,38,41)/t30?,31?,32-,33-,36?/m1/s1. The fourth-order valence-corrected chi connectivity index (χ4v) is 18.8. The number of rotatable bonds is 8. The van der Waals surface area contributed by atoms with Gasteiger partial charge >= 0.3 is 28.4 Å². The molecule has 2 aromatic rings. The van der Waals surface area contributed by atoms with Gasteiger partial charge in [-0.1, -0.05) is 85.7 Å². The van der Waals surface area contributed by atoms with Crippen LogP contribution in [0.1, 0.15) is 62.3 Å². The molecule has 3 heterocycles. The molecule has 1 N–H and O–H groups in total. The molecule has 0 radical (unpaired) electrons. The van der Waals surface area contributed by atoms with E-state index in [9.17, 15) is 14.9 Å². The fraction of sp³-hybridized carbons (Fsp3) is 0.556. The maximum absolute atomic E-state index is 14.0. The number of urea groups is 1. The van der Waals surface area contributed by atoms with E-state index in [-0.39, 0.29) is 39.9 Å². The third kappa shape index (κ3) is 7.07. The SMILES string of the molecule is CC(=O)NC1C=CN([C@@H]2OC3CO[Si](C(C)C)(C(C)C)O[Si](C(C)C)(C(C)C)O[C@H]3C2(C#N)OC(=S)Oc2ccc3ccccc3c2)C(=O)N1C. The quantitative estimate of drug-likeness (QED) is 0.227. The van der Waals surface area contributed by atoms with Crippen LogP contribution in [0.2, 0.25) is 22.2 Å². The van der Waals surface area contributed by atoms with Crippen molar-refractivity contribution in [2.24, 2.45) is 0 Å². The molecule has 12 nitrogen and oxygen atoms in total. The zero-order valence-corrected chi connectivity index (χ0v) is 33.9. The van der Waals surface area contributed by atoms with Crippen molar-refractivity contribution >= 4 is 57.3 Å². The van der Waals surface area contributed by atoms with Gasteiger partial charge in [-0.15, -0.1) is 0 Å². The van der Waals surface area contributed by atoms with Gasteiger partial charge < -0.3 is 37.4 Å². The van der Waals surface area contributed by atoms with Crippen LogP contribution in [0.25, 0.3) is 10.8 Å². The van der Waals surface area contributed by atoms with Gasteiger partial charge in [-0.3, -0.25) is 9.69 Å². The molecule has 3 unspecified atom stereocenters. The molecule has 51 heavy (non-hydrogen) atoms. The first-order chi connectivity index (χ1) is 24.0. The Hall–Kier alpha value is -3.37. The summed E-state index contributed by atoms with van der Waals surface area (Å²) in [6.07, 6.45) is -0.903. The van der Waals surface area contributed by atoms with Gasteiger partial charge in [-0.2, -0.15) is 5.26 Å². The number of hydrogen-bond acceptors (Lipinski definition) is 10. The number of hydrogen-bond donors (Lipinski definition) is 1. The lowest BCUT2D eigenvalue weighted by atomic mass is 9.94. The Bertz CT molecular complexity index is 1700. The van der Waals surface area contributed by atoms with Crippen molar-refractivity contribution in [3.05, 3.63) is 54.7 Å². The normalized spacial score (nSPS) is 27.4. The minimum atomic E-state index is -3.30. The summed E-state index contributed by atoms with van der Waals surface area (Å²) in [7, 11) is -4.73. The summed E-state index contributed by atoms with van der Waals surface area (Å²) in [5.41, 5.74) is -2.02. The third-order valence-corrected chi connectivity index (χ3v) is 20.5. The predicted molar refractivity (Wildman–Crippen MR) is 201 cm³/mol. The highest BCUT2D eigenvalue weighted by Crippen LogP contribution is 2.50. The zero-order chi connectivity index (χ0) is 37.5.